The molecule has 1 aliphatic heterocycles. The number of anilines is 1. The maximum Gasteiger partial charge on any atom is 0.430 e. The second-order valence-electron chi connectivity index (χ2n) is 10.1. The van der Waals surface area contributed by atoms with Crippen molar-refractivity contribution >= 4 is 23.6 Å². The number of aliphatic hydroxyl groups is 1. The van der Waals surface area contributed by atoms with Gasteiger partial charge >= 0.3 is 18.4 Å². The van der Waals surface area contributed by atoms with Gasteiger partial charge in [-0.25, -0.2) is 14.2 Å². The Bertz CT molecular complexity index is 1570. The predicted molar refractivity (Wildman–Crippen MR) is 130 cm³/mol. The molecule has 42 heavy (non-hydrogen) atoms. The van der Waals surface area contributed by atoms with E-state index in [1.165, 1.54) is 32.9 Å². The van der Waals surface area contributed by atoms with E-state index in [0.29, 0.717) is 18.2 Å². The van der Waals surface area contributed by atoms with Crippen molar-refractivity contribution in [3.8, 4) is 11.6 Å². The summed E-state index contributed by atoms with van der Waals surface area (Å²) >= 11 is 0. The lowest BCUT2D eigenvalue weighted by atomic mass is 9.90. The van der Waals surface area contributed by atoms with Crippen molar-refractivity contribution in [2.45, 2.75) is 57.2 Å². The topological polar surface area (TPSA) is 127 Å². The number of hydrogen-bond donors (Lipinski definition) is 2. The van der Waals surface area contributed by atoms with Crippen molar-refractivity contribution in [2.75, 3.05) is 5.32 Å². The molecule has 0 fully saturated rings. The molecule has 1 aromatic carbocycles. The van der Waals surface area contributed by atoms with E-state index in [0.717, 1.165) is 6.07 Å². The van der Waals surface area contributed by atoms with Crippen LogP contribution in [0.1, 0.15) is 66.7 Å². The number of fused-ring (bicyclic) bond motifs is 7. The maximum absolute atomic E-state index is 14.8. The van der Waals surface area contributed by atoms with Gasteiger partial charge in [-0.3, -0.25) is 10.1 Å². The van der Waals surface area contributed by atoms with E-state index < -0.39 is 87.7 Å². The van der Waals surface area contributed by atoms with Gasteiger partial charge in [0, 0.05) is 12.0 Å². The quantitative estimate of drug-likeness (QED) is 0.306. The summed E-state index contributed by atoms with van der Waals surface area (Å²) in [6, 6.07) is 2.71. The average Bonchev–Trinajstić information content (AvgIpc) is 3.34. The second kappa shape index (κ2) is 10.5. The lowest BCUT2D eigenvalue weighted by Crippen LogP contribution is -2.44. The summed E-state index contributed by atoms with van der Waals surface area (Å²) in [6.07, 6.45) is -10.4. The summed E-state index contributed by atoms with van der Waals surface area (Å²) in [5.74, 6) is -5.25. The molecule has 6 bridgehead atoms. The number of nitrogens with zero attached hydrogens (tertiary/aromatic N) is 3. The van der Waals surface area contributed by atoms with Crippen molar-refractivity contribution in [2.24, 2.45) is 0 Å². The number of rotatable bonds is 1. The molecule has 3 aromatic rings. The van der Waals surface area contributed by atoms with Crippen molar-refractivity contribution in [1.29, 1.82) is 0 Å². The smallest absolute Gasteiger partial charge is 0.430 e. The molecule has 4 rings (SSSR count). The minimum atomic E-state index is -5.65. The third kappa shape index (κ3) is 5.98. The molecule has 1 atom stereocenters. The molecule has 9 nitrogen and oxygen atoms in total. The van der Waals surface area contributed by atoms with Gasteiger partial charge < -0.3 is 14.3 Å². The lowest BCUT2D eigenvalue weighted by Gasteiger charge is -2.28. The number of aromatic nitrogens is 3. The monoisotopic (exact) mass is 602 g/mol. The van der Waals surface area contributed by atoms with Crippen LogP contribution < -0.4 is 5.32 Å². The average molecular weight is 602 g/mol. The Morgan fingerprint density at radius 3 is 2.38 bits per heavy atom. The lowest BCUT2D eigenvalue weighted by molar-refractivity contribution is -0.256. The van der Waals surface area contributed by atoms with E-state index in [2.05, 4.69) is 15.2 Å². The fourth-order valence-corrected chi connectivity index (χ4v) is 3.94. The van der Waals surface area contributed by atoms with Crippen molar-refractivity contribution in [3.05, 3.63) is 64.4 Å². The van der Waals surface area contributed by atoms with Crippen molar-refractivity contribution in [3.63, 3.8) is 0 Å². The number of nitrogens with one attached hydrogen (secondary N) is 1. The number of carbonyl (C=O) groups is 2. The molecule has 0 aliphatic carbocycles. The van der Waals surface area contributed by atoms with Crippen LogP contribution in [0.4, 0.5) is 41.2 Å². The molecular weight excluding hydrogens is 581 g/mol. The second-order valence-corrected chi connectivity index (χ2v) is 10.1. The van der Waals surface area contributed by atoms with E-state index in [4.69, 9.17) is 9.15 Å². The number of benzene rings is 1. The van der Waals surface area contributed by atoms with Crippen LogP contribution in [-0.4, -0.2) is 43.9 Å². The fraction of sp³-hybridized carbons (Fsp3) is 0.346. The van der Waals surface area contributed by atoms with Crippen LogP contribution in [-0.2, 0) is 16.5 Å². The summed E-state index contributed by atoms with van der Waals surface area (Å²) < 4.78 is 110. The Kier molecular flexibility index (Phi) is 7.65. The maximum atomic E-state index is 14.8. The fourth-order valence-electron chi connectivity index (χ4n) is 3.94. The van der Waals surface area contributed by atoms with E-state index in [9.17, 15) is 45.4 Å². The third-order valence-corrected chi connectivity index (χ3v) is 5.80. The van der Waals surface area contributed by atoms with Gasteiger partial charge in [-0.15, -0.1) is 10.2 Å². The summed E-state index contributed by atoms with van der Waals surface area (Å²) in [4.78, 5) is 29.0. The standard InChI is InChI=1S/C26H21F7N4O5/c1-23(2,3)42-22(39)34-16-11-14(25(28,29)30)18-17(38)7-5-4-6-12-8-9-15(27)13(10-12)24(40,26(31,32)33)21-37-36-20(41-21)19(16)35-18/h4,6,8-11,40H,5,7H2,1-3H3,(H,34,39)/b6-4-. The number of amides is 1. The first-order chi connectivity index (χ1) is 19.3. The minimum absolute atomic E-state index is 0.0466. The third-order valence-electron chi connectivity index (χ3n) is 5.80. The number of carbonyl (C=O) groups excluding carboxylic acids is 2. The highest BCUT2D eigenvalue weighted by atomic mass is 19.4. The first kappa shape index (κ1) is 30.6. The molecule has 0 radical (unpaired) electrons. The highest BCUT2D eigenvalue weighted by molar-refractivity contribution is 5.98. The van der Waals surface area contributed by atoms with Crippen LogP contribution in [0.3, 0.4) is 0 Å². The van der Waals surface area contributed by atoms with Crippen LogP contribution in [0.25, 0.3) is 17.7 Å². The molecule has 224 valence electrons. The number of allylic oxidation sites excluding steroid dienone is 1. The molecule has 0 saturated heterocycles. The number of halogens is 7. The van der Waals surface area contributed by atoms with Gasteiger partial charge in [0.15, 0.2) is 11.5 Å². The molecule has 0 saturated carbocycles. The van der Waals surface area contributed by atoms with Gasteiger partial charge in [-0.2, -0.15) is 26.3 Å². The van der Waals surface area contributed by atoms with Gasteiger partial charge in [0.05, 0.1) is 11.3 Å². The number of ether oxygens (including phenoxy) is 1. The highest BCUT2D eigenvalue weighted by Gasteiger charge is 2.61. The Morgan fingerprint density at radius 1 is 1.07 bits per heavy atom. The van der Waals surface area contributed by atoms with Gasteiger partial charge in [0.25, 0.3) is 17.4 Å². The summed E-state index contributed by atoms with van der Waals surface area (Å²) in [7, 11) is 0. The SMILES string of the molecule is CC(C)(C)OC(=O)Nc1cc(C(F)(F)F)c2nc1-c1nnc(o1)C(O)(C(F)(F)F)c1cc(ccc1F)/C=C\CCC2=O. The summed E-state index contributed by atoms with van der Waals surface area (Å²) in [6.45, 7) is 4.35. The molecule has 1 unspecified atom stereocenters. The highest BCUT2D eigenvalue weighted by Crippen LogP contribution is 2.46. The Balaban J connectivity index is 2.02. The first-order valence-corrected chi connectivity index (χ1v) is 12.1. The molecule has 16 heteroatoms. The van der Waals surface area contributed by atoms with E-state index in [-0.39, 0.29) is 12.0 Å². The van der Waals surface area contributed by atoms with E-state index in [1.54, 1.807) is 0 Å². The number of pyridine rings is 1. The molecule has 2 N–H and O–H groups in total. The number of hydrogen-bond acceptors (Lipinski definition) is 8. The molecule has 1 amide bonds. The normalized spacial score (nSPS) is 18.6. The van der Waals surface area contributed by atoms with E-state index >= 15 is 0 Å². The molecule has 0 spiro atoms. The van der Waals surface area contributed by atoms with Crippen LogP contribution in [0, 0.1) is 5.82 Å². The summed E-state index contributed by atoms with van der Waals surface area (Å²) in [5.41, 5.74) is -11.1. The van der Waals surface area contributed by atoms with E-state index in [1.807, 2.05) is 5.32 Å². The van der Waals surface area contributed by atoms with Crippen LogP contribution >= 0.6 is 0 Å². The zero-order chi connectivity index (χ0) is 31.3. The largest absolute Gasteiger partial charge is 0.444 e. The van der Waals surface area contributed by atoms with Gasteiger partial charge in [-0.05, 0) is 51.0 Å². The first-order valence-electron chi connectivity index (χ1n) is 12.1. The number of alkyl halides is 6. The zero-order valence-corrected chi connectivity index (χ0v) is 21.9. The molecule has 1 aliphatic rings. The van der Waals surface area contributed by atoms with Crippen LogP contribution in [0.2, 0.25) is 0 Å². The van der Waals surface area contributed by atoms with Gasteiger partial charge in [0.1, 0.15) is 17.1 Å². The van der Waals surface area contributed by atoms with Crippen LogP contribution in [0.5, 0.6) is 0 Å². The Hall–Kier alpha value is -4.34. The van der Waals surface area contributed by atoms with Crippen molar-refractivity contribution in [1.82, 2.24) is 15.2 Å². The molecule has 3 heterocycles. The number of Topliss-reactive ketones (excluding diaryl/α,β-unsaturated/α-hetero) is 1. The zero-order valence-electron chi connectivity index (χ0n) is 21.9. The van der Waals surface area contributed by atoms with Crippen molar-refractivity contribution < 1.29 is 54.6 Å². The predicted octanol–water partition coefficient (Wildman–Crippen LogP) is 6.42. The molecule has 2 aromatic heterocycles. The number of ketones is 1. The Labute approximate surface area is 232 Å². The molecular formula is C26H21F7N4O5. The Morgan fingerprint density at radius 2 is 1.76 bits per heavy atom. The van der Waals surface area contributed by atoms with Gasteiger partial charge in [0.2, 0.25) is 0 Å². The van der Waals surface area contributed by atoms with Gasteiger partial charge in [-0.1, -0.05) is 18.2 Å². The minimum Gasteiger partial charge on any atom is -0.444 e. The summed E-state index contributed by atoms with van der Waals surface area (Å²) in [5, 5.41) is 19.5. The van der Waals surface area contributed by atoms with Crippen LogP contribution in [0.15, 0.2) is 34.8 Å².